The molecule has 0 aromatic heterocycles. The van der Waals surface area contributed by atoms with Gasteiger partial charge in [0, 0.05) is 19.3 Å². The molecule has 17 heavy (non-hydrogen) atoms. The predicted octanol–water partition coefficient (Wildman–Crippen LogP) is 0.659. The first-order valence-corrected chi connectivity index (χ1v) is 5.42. The molecule has 1 unspecified atom stereocenters. The third-order valence-corrected chi connectivity index (χ3v) is 2.42. The van der Waals surface area contributed by atoms with Crippen LogP contribution in [0.1, 0.15) is 10.4 Å². The van der Waals surface area contributed by atoms with E-state index in [0.717, 1.165) is 0 Å². The molecule has 4 N–H and O–H groups in total. The molecule has 1 aromatic rings. The van der Waals surface area contributed by atoms with Crippen molar-refractivity contribution >= 4 is 23.2 Å². The topological polar surface area (TPSA) is 84.6 Å². The zero-order chi connectivity index (χ0) is 12.8. The summed E-state index contributed by atoms with van der Waals surface area (Å²) in [6.45, 7) is 0.253. The number of rotatable bonds is 5. The highest BCUT2D eigenvalue weighted by molar-refractivity contribution is 6.34. The van der Waals surface area contributed by atoms with Gasteiger partial charge < -0.3 is 20.9 Å². The molecule has 0 saturated carbocycles. The van der Waals surface area contributed by atoms with Crippen LogP contribution in [0.25, 0.3) is 0 Å². The van der Waals surface area contributed by atoms with Gasteiger partial charge >= 0.3 is 0 Å². The summed E-state index contributed by atoms with van der Waals surface area (Å²) in [5, 5.41) is 12.2. The van der Waals surface area contributed by atoms with Crippen LogP contribution in [-0.2, 0) is 4.74 Å². The summed E-state index contributed by atoms with van der Waals surface area (Å²) in [6, 6.07) is 4.65. The van der Waals surface area contributed by atoms with Crippen molar-refractivity contribution in [1.29, 1.82) is 0 Å². The van der Waals surface area contributed by atoms with E-state index in [4.69, 9.17) is 22.1 Å². The number of hydrogen-bond acceptors (Lipinski definition) is 4. The van der Waals surface area contributed by atoms with Crippen LogP contribution in [0.5, 0.6) is 0 Å². The maximum absolute atomic E-state index is 11.7. The van der Waals surface area contributed by atoms with Gasteiger partial charge in [-0.2, -0.15) is 0 Å². The number of nitrogen functional groups attached to an aromatic ring is 1. The molecule has 1 rings (SSSR count). The second-order valence-electron chi connectivity index (χ2n) is 3.56. The van der Waals surface area contributed by atoms with Gasteiger partial charge in [-0.05, 0) is 18.2 Å². The third-order valence-electron chi connectivity index (χ3n) is 2.09. The Labute approximate surface area is 105 Å². The van der Waals surface area contributed by atoms with E-state index in [9.17, 15) is 9.90 Å². The number of carbonyl (C=O) groups is 1. The second-order valence-corrected chi connectivity index (χ2v) is 3.97. The zero-order valence-corrected chi connectivity index (χ0v) is 10.2. The van der Waals surface area contributed by atoms with E-state index in [-0.39, 0.29) is 24.6 Å². The molecule has 0 bridgehead atoms. The average molecular weight is 259 g/mol. The van der Waals surface area contributed by atoms with Gasteiger partial charge in [0.1, 0.15) is 0 Å². The number of aliphatic hydroxyl groups excluding tert-OH is 1. The fraction of sp³-hybridized carbons (Fsp3) is 0.364. The molecule has 0 spiro atoms. The Morgan fingerprint density at radius 1 is 1.65 bits per heavy atom. The molecular weight excluding hydrogens is 244 g/mol. The Bertz CT molecular complexity index is 398. The molecule has 1 amide bonds. The minimum atomic E-state index is -0.746. The fourth-order valence-corrected chi connectivity index (χ4v) is 1.48. The number of ether oxygens (including phenoxy) is 1. The van der Waals surface area contributed by atoms with E-state index in [2.05, 4.69) is 5.32 Å². The van der Waals surface area contributed by atoms with E-state index < -0.39 is 6.10 Å². The van der Waals surface area contributed by atoms with Crippen molar-refractivity contribution in [3.05, 3.63) is 28.8 Å². The minimum Gasteiger partial charge on any atom is -0.399 e. The summed E-state index contributed by atoms with van der Waals surface area (Å²) >= 11 is 5.86. The maximum Gasteiger partial charge on any atom is 0.252 e. The summed E-state index contributed by atoms with van der Waals surface area (Å²) in [4.78, 5) is 11.7. The summed E-state index contributed by atoms with van der Waals surface area (Å²) in [5.41, 5.74) is 6.30. The van der Waals surface area contributed by atoms with Gasteiger partial charge in [0.05, 0.1) is 23.3 Å². The largest absolute Gasteiger partial charge is 0.399 e. The molecule has 0 saturated heterocycles. The van der Waals surface area contributed by atoms with E-state index >= 15 is 0 Å². The van der Waals surface area contributed by atoms with Crippen LogP contribution in [-0.4, -0.2) is 37.4 Å². The Morgan fingerprint density at radius 2 is 2.35 bits per heavy atom. The van der Waals surface area contributed by atoms with Gasteiger partial charge in [0.15, 0.2) is 0 Å². The zero-order valence-electron chi connectivity index (χ0n) is 9.44. The lowest BCUT2D eigenvalue weighted by atomic mass is 10.2. The van der Waals surface area contributed by atoms with Gasteiger partial charge in [0.25, 0.3) is 5.91 Å². The van der Waals surface area contributed by atoms with Crippen LogP contribution in [0.4, 0.5) is 5.69 Å². The van der Waals surface area contributed by atoms with Crippen molar-refractivity contribution in [1.82, 2.24) is 5.32 Å². The molecule has 0 aliphatic heterocycles. The number of amides is 1. The predicted molar refractivity (Wildman–Crippen MR) is 66.1 cm³/mol. The first kappa shape index (κ1) is 13.8. The molecule has 5 nitrogen and oxygen atoms in total. The highest BCUT2D eigenvalue weighted by Crippen LogP contribution is 2.18. The Balaban J connectivity index is 2.61. The number of aliphatic hydroxyl groups is 1. The summed E-state index contributed by atoms with van der Waals surface area (Å²) < 4.78 is 4.74. The van der Waals surface area contributed by atoms with Crippen LogP contribution >= 0.6 is 11.6 Å². The van der Waals surface area contributed by atoms with Gasteiger partial charge in [-0.3, -0.25) is 4.79 Å². The van der Waals surface area contributed by atoms with Crippen LogP contribution in [0.3, 0.4) is 0 Å². The highest BCUT2D eigenvalue weighted by atomic mass is 35.5. The number of halogens is 1. The summed E-state index contributed by atoms with van der Waals surface area (Å²) in [5.74, 6) is -0.377. The molecule has 94 valence electrons. The van der Waals surface area contributed by atoms with Gasteiger partial charge in [-0.1, -0.05) is 11.6 Å². The van der Waals surface area contributed by atoms with Crippen LogP contribution in [0.15, 0.2) is 18.2 Å². The van der Waals surface area contributed by atoms with Crippen molar-refractivity contribution in [2.45, 2.75) is 6.10 Å². The lowest BCUT2D eigenvalue weighted by Gasteiger charge is -2.11. The van der Waals surface area contributed by atoms with Crippen LogP contribution < -0.4 is 11.1 Å². The van der Waals surface area contributed by atoms with Crippen molar-refractivity contribution < 1.29 is 14.6 Å². The van der Waals surface area contributed by atoms with Gasteiger partial charge in [0.2, 0.25) is 0 Å². The number of nitrogens with one attached hydrogen (secondary N) is 1. The van der Waals surface area contributed by atoms with E-state index in [1.807, 2.05) is 0 Å². The maximum atomic E-state index is 11.7. The number of nitrogens with two attached hydrogens (primary N) is 1. The number of anilines is 1. The van der Waals surface area contributed by atoms with Gasteiger partial charge in [-0.25, -0.2) is 0 Å². The molecule has 0 aliphatic rings. The molecule has 0 heterocycles. The number of carbonyl (C=O) groups excluding carboxylic acids is 1. The van der Waals surface area contributed by atoms with Crippen molar-refractivity contribution in [3.63, 3.8) is 0 Å². The second kappa shape index (κ2) is 6.44. The Hall–Kier alpha value is -1.30. The van der Waals surface area contributed by atoms with Crippen molar-refractivity contribution in [2.75, 3.05) is 26.0 Å². The molecule has 1 atom stereocenters. The molecule has 6 heteroatoms. The minimum absolute atomic E-state index is 0.0950. The monoisotopic (exact) mass is 258 g/mol. The molecule has 0 fully saturated rings. The number of hydrogen-bond donors (Lipinski definition) is 3. The Kier molecular flexibility index (Phi) is 5.21. The Morgan fingerprint density at radius 3 is 3.00 bits per heavy atom. The fourth-order valence-electron chi connectivity index (χ4n) is 1.27. The van der Waals surface area contributed by atoms with Gasteiger partial charge in [-0.15, -0.1) is 0 Å². The van der Waals surface area contributed by atoms with E-state index in [0.29, 0.717) is 10.7 Å². The summed E-state index contributed by atoms with van der Waals surface area (Å²) in [7, 11) is 1.47. The molecule has 1 aromatic carbocycles. The summed E-state index contributed by atoms with van der Waals surface area (Å²) in [6.07, 6.45) is -0.746. The average Bonchev–Trinajstić information content (AvgIpc) is 2.29. The van der Waals surface area contributed by atoms with Crippen LogP contribution in [0.2, 0.25) is 5.02 Å². The molecule has 0 radical (unpaired) electrons. The van der Waals surface area contributed by atoms with Crippen LogP contribution in [0, 0.1) is 0 Å². The lowest BCUT2D eigenvalue weighted by Crippen LogP contribution is -2.34. The highest BCUT2D eigenvalue weighted by Gasteiger charge is 2.12. The molecule has 0 aliphatic carbocycles. The smallest absolute Gasteiger partial charge is 0.252 e. The standard InChI is InChI=1S/C11H15ClN2O3/c1-17-6-8(15)5-14-11(16)9-4-7(13)2-3-10(9)12/h2-4,8,15H,5-6,13H2,1H3,(H,14,16). The van der Waals surface area contributed by atoms with E-state index in [1.165, 1.54) is 13.2 Å². The SMILES string of the molecule is COCC(O)CNC(=O)c1cc(N)ccc1Cl. The lowest BCUT2D eigenvalue weighted by molar-refractivity contribution is 0.0610. The normalized spacial score (nSPS) is 12.2. The van der Waals surface area contributed by atoms with Crippen molar-refractivity contribution in [3.8, 4) is 0 Å². The number of methoxy groups -OCH3 is 1. The van der Waals surface area contributed by atoms with Crippen molar-refractivity contribution in [2.24, 2.45) is 0 Å². The first-order valence-electron chi connectivity index (χ1n) is 5.04. The molecular formula is C11H15ClN2O3. The quantitative estimate of drug-likeness (QED) is 0.678. The van der Waals surface area contributed by atoms with E-state index in [1.54, 1.807) is 12.1 Å². The number of benzene rings is 1. The first-order chi connectivity index (χ1) is 8.04. The third kappa shape index (κ3) is 4.22.